The number of fused-ring (bicyclic) bond motifs is 2. The van der Waals surface area contributed by atoms with E-state index in [1.165, 1.54) is 6.07 Å². The summed E-state index contributed by atoms with van der Waals surface area (Å²) in [6, 6.07) is 5.32. The highest BCUT2D eigenvalue weighted by Crippen LogP contribution is 2.37. The third-order valence-electron chi connectivity index (χ3n) is 5.68. The van der Waals surface area contributed by atoms with Gasteiger partial charge in [-0.15, -0.1) is 0 Å². The fraction of sp³-hybridized carbons (Fsp3) is 0.318. The fourth-order valence-corrected chi connectivity index (χ4v) is 4.74. The van der Waals surface area contributed by atoms with Gasteiger partial charge in [-0.25, -0.2) is 9.37 Å². The highest BCUT2D eigenvalue weighted by atomic mass is 35.5. The molecule has 1 aliphatic rings. The van der Waals surface area contributed by atoms with Crippen LogP contribution in [0, 0.1) is 5.82 Å². The highest BCUT2D eigenvalue weighted by Gasteiger charge is 2.29. The normalized spacial score (nSPS) is 16.7. The Morgan fingerprint density at radius 3 is 2.84 bits per heavy atom. The molecule has 168 valence electrons. The lowest BCUT2D eigenvalue weighted by molar-refractivity contribution is -0.131. The zero-order valence-corrected chi connectivity index (χ0v) is 19.0. The molecule has 0 aliphatic carbocycles. The van der Waals surface area contributed by atoms with Gasteiger partial charge in [0.05, 0.1) is 35.2 Å². The molecule has 7 nitrogen and oxygen atoms in total. The van der Waals surface area contributed by atoms with Crippen molar-refractivity contribution in [1.29, 1.82) is 0 Å². The minimum absolute atomic E-state index is 0.0782. The summed E-state index contributed by atoms with van der Waals surface area (Å²) in [5.74, 6) is -0.557. The third-order valence-corrected chi connectivity index (χ3v) is 6.21. The molecule has 1 aromatic heterocycles. The Bertz CT molecular complexity index is 1280. The summed E-state index contributed by atoms with van der Waals surface area (Å²) in [6.07, 6.45) is 0.628. The van der Waals surface area contributed by atoms with Gasteiger partial charge in [0.25, 0.3) is 5.56 Å². The van der Waals surface area contributed by atoms with Gasteiger partial charge in [0, 0.05) is 16.6 Å². The summed E-state index contributed by atoms with van der Waals surface area (Å²) in [5.41, 5.74) is 7.60. The Labute approximate surface area is 193 Å². The molecule has 0 spiro atoms. The molecule has 10 heteroatoms. The molecule has 0 saturated carbocycles. The topological polar surface area (TPSA) is 104 Å². The summed E-state index contributed by atoms with van der Waals surface area (Å²) < 4.78 is 14.6. The molecule has 0 saturated heterocycles. The number of rotatable bonds is 4. The van der Waals surface area contributed by atoms with Crippen molar-refractivity contribution in [2.45, 2.75) is 32.4 Å². The molecule has 4 N–H and O–H groups in total. The van der Waals surface area contributed by atoms with Crippen LogP contribution in [0.25, 0.3) is 10.9 Å². The molecule has 1 unspecified atom stereocenters. The van der Waals surface area contributed by atoms with Gasteiger partial charge in [-0.05, 0) is 55.7 Å². The maximum absolute atomic E-state index is 14.6. The highest BCUT2D eigenvalue weighted by molar-refractivity contribution is 6.35. The number of benzene rings is 2. The van der Waals surface area contributed by atoms with Gasteiger partial charge >= 0.3 is 0 Å². The number of nitrogens with zero attached hydrogens (tertiary/aromatic N) is 2. The molecule has 0 fully saturated rings. The van der Waals surface area contributed by atoms with Crippen molar-refractivity contribution in [3.8, 4) is 0 Å². The average Bonchev–Trinajstić information content (AvgIpc) is 2.72. The molecule has 2 atom stereocenters. The van der Waals surface area contributed by atoms with Gasteiger partial charge in [0.2, 0.25) is 5.91 Å². The van der Waals surface area contributed by atoms with Crippen LogP contribution in [-0.4, -0.2) is 33.9 Å². The lowest BCUT2D eigenvalue weighted by Crippen LogP contribution is -2.42. The lowest BCUT2D eigenvalue weighted by atomic mass is 9.93. The predicted octanol–water partition coefficient (Wildman–Crippen LogP) is 3.95. The second kappa shape index (κ2) is 8.69. The van der Waals surface area contributed by atoms with E-state index in [0.717, 1.165) is 17.2 Å². The Morgan fingerprint density at radius 2 is 2.12 bits per heavy atom. The van der Waals surface area contributed by atoms with Crippen molar-refractivity contribution < 1.29 is 9.18 Å². The number of aromatic amines is 1. The van der Waals surface area contributed by atoms with E-state index < -0.39 is 17.4 Å². The van der Waals surface area contributed by atoms with Crippen LogP contribution in [0.15, 0.2) is 29.1 Å². The molecule has 4 rings (SSSR count). The van der Waals surface area contributed by atoms with Crippen LogP contribution >= 0.6 is 23.2 Å². The SMILES string of the molecule is CC1c2c(Cl)cc(Cl)cc2CCN1C(=O)CNc1cc2nc([C@@H](C)N)[nH]c(=O)c2cc1F. The molecule has 2 aromatic carbocycles. The number of aromatic nitrogens is 2. The largest absolute Gasteiger partial charge is 0.374 e. The fourth-order valence-electron chi connectivity index (χ4n) is 4.04. The van der Waals surface area contributed by atoms with Gasteiger partial charge in [0.1, 0.15) is 11.6 Å². The van der Waals surface area contributed by atoms with E-state index in [-0.39, 0.29) is 29.6 Å². The number of carbonyl (C=O) groups excluding carboxylic acids is 1. The van der Waals surface area contributed by atoms with E-state index in [9.17, 15) is 14.0 Å². The molecule has 0 radical (unpaired) electrons. The van der Waals surface area contributed by atoms with E-state index in [1.54, 1.807) is 17.9 Å². The maximum atomic E-state index is 14.6. The summed E-state index contributed by atoms with van der Waals surface area (Å²) in [5, 5.41) is 4.03. The quantitative estimate of drug-likeness (QED) is 0.527. The molecule has 2 heterocycles. The second-order valence-electron chi connectivity index (χ2n) is 7.92. The molecule has 1 aliphatic heterocycles. The number of hydrogen-bond acceptors (Lipinski definition) is 5. The monoisotopic (exact) mass is 477 g/mol. The number of amides is 1. The number of anilines is 1. The Morgan fingerprint density at radius 1 is 1.38 bits per heavy atom. The van der Waals surface area contributed by atoms with Crippen LogP contribution in [0.2, 0.25) is 10.0 Å². The van der Waals surface area contributed by atoms with Crippen molar-refractivity contribution in [2.24, 2.45) is 5.73 Å². The molecule has 32 heavy (non-hydrogen) atoms. The van der Waals surface area contributed by atoms with Crippen molar-refractivity contribution in [1.82, 2.24) is 14.9 Å². The van der Waals surface area contributed by atoms with Crippen LogP contribution in [-0.2, 0) is 11.2 Å². The van der Waals surface area contributed by atoms with Crippen molar-refractivity contribution >= 4 is 45.7 Å². The van der Waals surface area contributed by atoms with E-state index in [4.69, 9.17) is 28.9 Å². The first-order valence-electron chi connectivity index (χ1n) is 10.2. The van der Waals surface area contributed by atoms with Gasteiger partial charge in [-0.3, -0.25) is 9.59 Å². The van der Waals surface area contributed by atoms with Gasteiger partial charge in [-0.2, -0.15) is 0 Å². The second-order valence-corrected chi connectivity index (χ2v) is 8.76. The van der Waals surface area contributed by atoms with Crippen molar-refractivity contribution in [3.63, 3.8) is 0 Å². The minimum Gasteiger partial charge on any atom is -0.374 e. The van der Waals surface area contributed by atoms with Crippen LogP contribution in [0.5, 0.6) is 0 Å². The smallest absolute Gasteiger partial charge is 0.258 e. The number of hydrogen-bond donors (Lipinski definition) is 3. The predicted molar refractivity (Wildman–Crippen MR) is 124 cm³/mol. The van der Waals surface area contributed by atoms with Crippen LogP contribution in [0.3, 0.4) is 0 Å². The van der Waals surface area contributed by atoms with Crippen LogP contribution in [0.1, 0.15) is 42.9 Å². The minimum atomic E-state index is -0.652. The lowest BCUT2D eigenvalue weighted by Gasteiger charge is -2.36. The first-order valence-corrected chi connectivity index (χ1v) is 10.9. The summed E-state index contributed by atoms with van der Waals surface area (Å²) in [7, 11) is 0. The number of nitrogens with one attached hydrogen (secondary N) is 2. The Kier molecular flexibility index (Phi) is 6.11. The summed E-state index contributed by atoms with van der Waals surface area (Å²) in [4.78, 5) is 33.7. The van der Waals surface area contributed by atoms with Crippen LogP contribution < -0.4 is 16.6 Å². The van der Waals surface area contributed by atoms with E-state index in [1.807, 2.05) is 13.0 Å². The van der Waals surface area contributed by atoms with Crippen molar-refractivity contribution in [3.05, 3.63) is 67.4 Å². The molecule has 1 amide bonds. The summed E-state index contributed by atoms with van der Waals surface area (Å²) in [6.45, 7) is 3.96. The van der Waals surface area contributed by atoms with Gasteiger partial charge < -0.3 is 20.9 Å². The first kappa shape index (κ1) is 22.5. The number of nitrogens with two attached hydrogens (primary N) is 1. The zero-order chi connectivity index (χ0) is 23.2. The summed E-state index contributed by atoms with van der Waals surface area (Å²) >= 11 is 12.5. The average molecular weight is 478 g/mol. The van der Waals surface area contributed by atoms with Gasteiger partial charge in [-0.1, -0.05) is 23.2 Å². The van der Waals surface area contributed by atoms with Crippen LogP contribution in [0.4, 0.5) is 10.1 Å². The third kappa shape index (κ3) is 4.18. The number of H-pyrrole nitrogens is 1. The van der Waals surface area contributed by atoms with E-state index in [0.29, 0.717) is 34.4 Å². The Balaban J connectivity index is 1.55. The van der Waals surface area contributed by atoms with E-state index >= 15 is 0 Å². The number of carbonyl (C=O) groups is 1. The zero-order valence-electron chi connectivity index (χ0n) is 17.5. The molecule has 3 aromatic rings. The molecule has 0 bridgehead atoms. The first-order chi connectivity index (χ1) is 15.2. The van der Waals surface area contributed by atoms with Gasteiger partial charge in [0.15, 0.2) is 0 Å². The standard InChI is InChI=1S/C22H22Cl2FN5O2/c1-10(26)21-28-17-8-18(16(25)7-14(17)22(32)29-21)27-9-19(31)30-4-3-12-5-13(23)6-15(24)20(12)11(30)2/h5-8,10-11,27H,3-4,9,26H2,1-2H3,(H,28,29,32)/t10-,11?/m1/s1. The van der Waals surface area contributed by atoms with E-state index in [2.05, 4.69) is 15.3 Å². The molecular weight excluding hydrogens is 456 g/mol. The Hall–Kier alpha value is -2.68. The number of halogens is 3. The van der Waals surface area contributed by atoms with Crippen molar-refractivity contribution in [2.75, 3.05) is 18.4 Å². The maximum Gasteiger partial charge on any atom is 0.258 e. The molecular formula is C22H22Cl2FN5O2.